The van der Waals surface area contributed by atoms with Gasteiger partial charge in [-0.05, 0) is 38.6 Å². The summed E-state index contributed by atoms with van der Waals surface area (Å²) in [4.78, 5) is 21.1. The summed E-state index contributed by atoms with van der Waals surface area (Å²) in [6.45, 7) is 5.68. The third kappa shape index (κ3) is 3.12. The molecule has 7 nitrogen and oxygen atoms in total. The highest BCUT2D eigenvalue weighted by Crippen LogP contribution is 2.25. The Morgan fingerprint density at radius 1 is 1.33 bits per heavy atom. The number of nitrogens with zero attached hydrogens (tertiary/aromatic N) is 4. The van der Waals surface area contributed by atoms with Gasteiger partial charge in [0, 0.05) is 25.2 Å². The van der Waals surface area contributed by atoms with Gasteiger partial charge in [-0.3, -0.25) is 9.69 Å². The molecule has 1 aliphatic heterocycles. The Hall–Kier alpha value is -2.41. The van der Waals surface area contributed by atoms with Crippen LogP contribution in [0, 0.1) is 13.8 Å². The molecule has 7 heteroatoms. The second-order valence-electron chi connectivity index (χ2n) is 6.11. The SMILES string of the molecule is COc1cc(C(=O)N2CCN(C)[C@@H](c3nc(C)no3)C2)ccc1C. The quantitative estimate of drug-likeness (QED) is 0.855. The second kappa shape index (κ2) is 6.60. The van der Waals surface area contributed by atoms with Crippen LogP contribution in [0.3, 0.4) is 0 Å². The van der Waals surface area contributed by atoms with Crippen molar-refractivity contribution in [2.75, 3.05) is 33.8 Å². The molecule has 0 radical (unpaired) electrons. The summed E-state index contributed by atoms with van der Waals surface area (Å²) in [5, 5.41) is 3.85. The van der Waals surface area contributed by atoms with E-state index < -0.39 is 0 Å². The molecule has 1 aromatic heterocycles. The van der Waals surface area contributed by atoms with E-state index in [0.717, 1.165) is 17.9 Å². The molecule has 2 aromatic rings. The Morgan fingerprint density at radius 3 is 2.79 bits per heavy atom. The Bertz CT molecular complexity index is 743. The van der Waals surface area contributed by atoms with E-state index in [2.05, 4.69) is 15.0 Å². The van der Waals surface area contributed by atoms with Crippen LogP contribution in [0.25, 0.3) is 0 Å². The fourth-order valence-electron chi connectivity index (χ4n) is 2.91. The molecule has 1 aliphatic rings. The summed E-state index contributed by atoms with van der Waals surface area (Å²) in [7, 11) is 3.61. The molecule has 1 atom stereocenters. The van der Waals surface area contributed by atoms with Crippen LogP contribution in [-0.4, -0.2) is 59.6 Å². The van der Waals surface area contributed by atoms with Crippen molar-refractivity contribution in [1.82, 2.24) is 19.9 Å². The van der Waals surface area contributed by atoms with Crippen LogP contribution in [0.1, 0.15) is 33.7 Å². The molecule has 2 heterocycles. The number of piperazine rings is 1. The molecule has 3 rings (SSSR count). The fraction of sp³-hybridized carbons (Fsp3) is 0.471. The molecule has 0 N–H and O–H groups in total. The van der Waals surface area contributed by atoms with Crippen molar-refractivity contribution in [3.8, 4) is 5.75 Å². The molecular weight excluding hydrogens is 308 g/mol. The molecule has 0 spiro atoms. The number of hydrogen-bond acceptors (Lipinski definition) is 6. The summed E-state index contributed by atoms with van der Waals surface area (Å²) >= 11 is 0. The third-order valence-corrected chi connectivity index (χ3v) is 4.42. The van der Waals surface area contributed by atoms with Gasteiger partial charge in [0.15, 0.2) is 5.82 Å². The van der Waals surface area contributed by atoms with Crippen molar-refractivity contribution in [3.63, 3.8) is 0 Å². The van der Waals surface area contributed by atoms with E-state index >= 15 is 0 Å². The molecular formula is C17H22N4O3. The van der Waals surface area contributed by atoms with Crippen molar-refractivity contribution < 1.29 is 14.1 Å². The number of carbonyl (C=O) groups excluding carboxylic acids is 1. The Kier molecular flexibility index (Phi) is 4.53. The second-order valence-corrected chi connectivity index (χ2v) is 6.11. The Labute approximate surface area is 141 Å². The number of amides is 1. The zero-order chi connectivity index (χ0) is 17.3. The van der Waals surface area contributed by atoms with Gasteiger partial charge in [0.25, 0.3) is 5.91 Å². The highest BCUT2D eigenvalue weighted by atomic mass is 16.5. The topological polar surface area (TPSA) is 71.7 Å². The molecule has 128 valence electrons. The summed E-state index contributed by atoms with van der Waals surface area (Å²) in [5.74, 6) is 1.86. The minimum Gasteiger partial charge on any atom is -0.496 e. The van der Waals surface area contributed by atoms with Gasteiger partial charge in [0.1, 0.15) is 11.8 Å². The van der Waals surface area contributed by atoms with E-state index in [9.17, 15) is 4.79 Å². The van der Waals surface area contributed by atoms with Crippen LogP contribution >= 0.6 is 0 Å². The standard InChI is InChI=1S/C17H22N4O3/c1-11-5-6-13(9-15(11)23-4)17(22)21-8-7-20(3)14(10-21)16-18-12(2)19-24-16/h5-6,9,14H,7-8,10H2,1-4H3/t14-/m1/s1. The van der Waals surface area contributed by atoms with Crippen molar-refractivity contribution in [3.05, 3.63) is 41.0 Å². The minimum atomic E-state index is -0.0868. The number of likely N-dealkylation sites (N-methyl/N-ethyl adjacent to an activating group) is 1. The van der Waals surface area contributed by atoms with E-state index in [0.29, 0.717) is 30.4 Å². The smallest absolute Gasteiger partial charge is 0.254 e. The summed E-state index contributed by atoms with van der Waals surface area (Å²) < 4.78 is 10.6. The maximum absolute atomic E-state index is 12.9. The van der Waals surface area contributed by atoms with Crippen molar-refractivity contribution in [2.24, 2.45) is 0 Å². The van der Waals surface area contributed by atoms with Crippen LogP contribution in [-0.2, 0) is 0 Å². The zero-order valence-corrected chi connectivity index (χ0v) is 14.4. The summed E-state index contributed by atoms with van der Waals surface area (Å²) in [5.41, 5.74) is 1.63. The maximum atomic E-state index is 12.9. The molecule has 0 aliphatic carbocycles. The maximum Gasteiger partial charge on any atom is 0.254 e. The molecule has 1 saturated heterocycles. The van der Waals surface area contributed by atoms with Gasteiger partial charge < -0.3 is 14.2 Å². The number of methoxy groups -OCH3 is 1. The lowest BCUT2D eigenvalue weighted by molar-refractivity contribution is 0.0488. The first-order valence-electron chi connectivity index (χ1n) is 7.94. The van der Waals surface area contributed by atoms with E-state index in [-0.39, 0.29) is 11.9 Å². The van der Waals surface area contributed by atoms with Gasteiger partial charge >= 0.3 is 0 Å². The fourth-order valence-corrected chi connectivity index (χ4v) is 2.91. The Balaban J connectivity index is 1.80. The van der Waals surface area contributed by atoms with Gasteiger partial charge in [0.05, 0.1) is 7.11 Å². The van der Waals surface area contributed by atoms with Gasteiger partial charge in [-0.2, -0.15) is 4.98 Å². The minimum absolute atomic E-state index is 0.0114. The number of benzene rings is 1. The number of ether oxygens (including phenoxy) is 1. The van der Waals surface area contributed by atoms with E-state index in [4.69, 9.17) is 9.26 Å². The molecule has 1 fully saturated rings. The molecule has 24 heavy (non-hydrogen) atoms. The van der Waals surface area contributed by atoms with Crippen LogP contribution in [0.5, 0.6) is 5.75 Å². The number of aromatic nitrogens is 2. The summed E-state index contributed by atoms with van der Waals surface area (Å²) in [6, 6.07) is 5.45. The lowest BCUT2D eigenvalue weighted by atomic mass is 10.1. The average molecular weight is 330 g/mol. The number of rotatable bonds is 3. The lowest BCUT2D eigenvalue weighted by Gasteiger charge is -2.37. The van der Waals surface area contributed by atoms with Gasteiger partial charge in [-0.25, -0.2) is 0 Å². The van der Waals surface area contributed by atoms with E-state index in [1.807, 2.05) is 31.0 Å². The average Bonchev–Trinajstić information content (AvgIpc) is 3.01. The lowest BCUT2D eigenvalue weighted by Crippen LogP contribution is -2.49. The van der Waals surface area contributed by atoms with Gasteiger partial charge in [-0.1, -0.05) is 11.2 Å². The van der Waals surface area contributed by atoms with Gasteiger partial charge in [-0.15, -0.1) is 0 Å². The molecule has 1 aromatic carbocycles. The summed E-state index contributed by atoms with van der Waals surface area (Å²) in [6.07, 6.45) is 0. The molecule has 0 saturated carbocycles. The van der Waals surface area contributed by atoms with Crippen LogP contribution in [0.4, 0.5) is 0 Å². The predicted octanol–water partition coefficient (Wildman–Crippen LogP) is 1.82. The highest BCUT2D eigenvalue weighted by Gasteiger charge is 2.32. The van der Waals surface area contributed by atoms with Crippen LogP contribution in [0.15, 0.2) is 22.7 Å². The monoisotopic (exact) mass is 330 g/mol. The highest BCUT2D eigenvalue weighted by molar-refractivity contribution is 5.94. The number of aryl methyl sites for hydroxylation is 2. The predicted molar refractivity (Wildman–Crippen MR) is 88.0 cm³/mol. The van der Waals surface area contributed by atoms with Crippen molar-refractivity contribution in [1.29, 1.82) is 0 Å². The van der Waals surface area contributed by atoms with Gasteiger partial charge in [0.2, 0.25) is 5.89 Å². The normalized spacial score (nSPS) is 18.7. The molecule has 0 bridgehead atoms. The third-order valence-electron chi connectivity index (χ3n) is 4.42. The first-order chi connectivity index (χ1) is 11.5. The first-order valence-corrected chi connectivity index (χ1v) is 7.94. The number of hydrogen-bond donors (Lipinski definition) is 0. The van der Waals surface area contributed by atoms with Crippen molar-refractivity contribution in [2.45, 2.75) is 19.9 Å². The molecule has 1 amide bonds. The first kappa shape index (κ1) is 16.4. The van der Waals surface area contributed by atoms with Crippen molar-refractivity contribution >= 4 is 5.91 Å². The largest absolute Gasteiger partial charge is 0.496 e. The van der Waals surface area contributed by atoms with E-state index in [1.54, 1.807) is 20.1 Å². The van der Waals surface area contributed by atoms with E-state index in [1.165, 1.54) is 0 Å². The zero-order valence-electron chi connectivity index (χ0n) is 14.4. The molecule has 0 unspecified atom stereocenters. The number of carbonyl (C=O) groups is 1. The Morgan fingerprint density at radius 2 is 2.12 bits per heavy atom. The van der Waals surface area contributed by atoms with Crippen LogP contribution < -0.4 is 4.74 Å². The van der Waals surface area contributed by atoms with Crippen LogP contribution in [0.2, 0.25) is 0 Å².